The maximum absolute atomic E-state index is 10.8. The van der Waals surface area contributed by atoms with Crippen LogP contribution in [0.25, 0.3) is 0 Å². The highest BCUT2D eigenvalue weighted by molar-refractivity contribution is 6.99. The molecule has 2 aromatic rings. The van der Waals surface area contributed by atoms with Crippen LogP contribution in [0.2, 0.25) is 5.04 Å². The molecule has 0 unspecified atom stereocenters. The van der Waals surface area contributed by atoms with Crippen LogP contribution in [0.5, 0.6) is 0 Å². The van der Waals surface area contributed by atoms with E-state index < -0.39 is 8.32 Å². The van der Waals surface area contributed by atoms with E-state index in [-0.39, 0.29) is 17.8 Å². The number of carbonyl (C=O) groups is 1. The van der Waals surface area contributed by atoms with Gasteiger partial charge >= 0.3 is 5.97 Å². The Hall–Kier alpha value is -2.21. The number of rotatable bonds is 10. The summed E-state index contributed by atoms with van der Waals surface area (Å²) < 4.78 is 16.9. The Morgan fingerprint density at radius 3 is 1.93 bits per heavy atom. The fourth-order valence-electron chi connectivity index (χ4n) is 3.49. The van der Waals surface area contributed by atoms with E-state index in [1.54, 1.807) is 0 Å². The Morgan fingerprint density at radius 1 is 0.966 bits per heavy atom. The molecule has 156 valence electrons. The lowest BCUT2D eigenvalue weighted by atomic mass is 10.2. The highest BCUT2D eigenvalue weighted by Gasteiger charge is 2.49. The first-order valence-electron chi connectivity index (χ1n) is 9.90. The van der Waals surface area contributed by atoms with Crippen molar-refractivity contribution < 1.29 is 18.7 Å². The standard InChI is InChI=1S/C24H32O4Si/c1-20(18-26-19-27-21(2)25)16-17-28-29(24(3,4)5,22-12-8-6-9-13-22)23-14-10-7-11-15-23/h6-15H,1,16-19H2,2-5H3. The Labute approximate surface area is 175 Å². The van der Waals surface area contributed by atoms with Crippen LogP contribution in [-0.2, 0) is 18.7 Å². The van der Waals surface area contributed by atoms with Gasteiger partial charge in [-0.25, -0.2) is 0 Å². The minimum absolute atomic E-state index is 0.0517. The lowest BCUT2D eigenvalue weighted by molar-refractivity contribution is -0.152. The molecule has 4 nitrogen and oxygen atoms in total. The van der Waals surface area contributed by atoms with Crippen molar-refractivity contribution in [2.75, 3.05) is 20.0 Å². The molecule has 0 aliphatic carbocycles. The summed E-state index contributed by atoms with van der Waals surface area (Å²) in [5.41, 5.74) is 0.912. The molecule has 0 bridgehead atoms. The van der Waals surface area contributed by atoms with Gasteiger partial charge in [-0.3, -0.25) is 4.79 Å². The van der Waals surface area contributed by atoms with Gasteiger partial charge in [0.05, 0.1) is 6.61 Å². The van der Waals surface area contributed by atoms with Crippen molar-refractivity contribution in [2.45, 2.75) is 39.2 Å². The van der Waals surface area contributed by atoms with E-state index in [1.807, 2.05) is 12.1 Å². The van der Waals surface area contributed by atoms with E-state index in [0.717, 1.165) is 5.57 Å². The molecule has 0 N–H and O–H groups in total. The second-order valence-corrected chi connectivity index (χ2v) is 12.4. The molecule has 2 aromatic carbocycles. The highest BCUT2D eigenvalue weighted by Crippen LogP contribution is 2.36. The lowest BCUT2D eigenvalue weighted by Gasteiger charge is -2.43. The summed E-state index contributed by atoms with van der Waals surface area (Å²) in [4.78, 5) is 10.8. The topological polar surface area (TPSA) is 44.8 Å². The van der Waals surface area contributed by atoms with Crippen molar-refractivity contribution >= 4 is 24.7 Å². The van der Waals surface area contributed by atoms with Gasteiger partial charge in [0.1, 0.15) is 0 Å². The quantitative estimate of drug-likeness (QED) is 0.194. The van der Waals surface area contributed by atoms with E-state index in [0.29, 0.717) is 19.6 Å². The summed E-state index contributed by atoms with van der Waals surface area (Å²) in [5.74, 6) is -0.356. The first-order chi connectivity index (χ1) is 13.8. The van der Waals surface area contributed by atoms with Gasteiger partial charge in [0, 0.05) is 13.5 Å². The molecular formula is C24H32O4Si. The molecule has 0 radical (unpaired) electrons. The van der Waals surface area contributed by atoms with Gasteiger partial charge < -0.3 is 13.9 Å². The van der Waals surface area contributed by atoms with E-state index in [2.05, 4.69) is 75.9 Å². The second-order valence-electron chi connectivity index (χ2n) is 8.11. The van der Waals surface area contributed by atoms with Gasteiger partial charge in [-0.15, -0.1) is 0 Å². The fourth-order valence-corrected chi connectivity index (χ4v) is 8.06. The summed E-state index contributed by atoms with van der Waals surface area (Å²) >= 11 is 0. The summed E-state index contributed by atoms with van der Waals surface area (Å²) in [7, 11) is -2.52. The third kappa shape index (κ3) is 6.13. The zero-order valence-electron chi connectivity index (χ0n) is 17.9. The van der Waals surface area contributed by atoms with Gasteiger partial charge in [-0.05, 0) is 27.4 Å². The minimum atomic E-state index is -2.52. The highest BCUT2D eigenvalue weighted by atomic mass is 28.4. The van der Waals surface area contributed by atoms with Crippen LogP contribution in [0.4, 0.5) is 0 Å². The van der Waals surface area contributed by atoms with Crippen LogP contribution in [0.3, 0.4) is 0 Å². The maximum Gasteiger partial charge on any atom is 0.304 e. The normalized spacial score (nSPS) is 11.9. The molecule has 0 spiro atoms. The van der Waals surface area contributed by atoms with Crippen molar-refractivity contribution in [2.24, 2.45) is 0 Å². The van der Waals surface area contributed by atoms with Gasteiger partial charge in [-0.2, -0.15) is 0 Å². The number of carbonyl (C=O) groups excluding carboxylic acids is 1. The van der Waals surface area contributed by atoms with Crippen LogP contribution >= 0.6 is 0 Å². The molecule has 2 rings (SSSR count). The lowest BCUT2D eigenvalue weighted by Crippen LogP contribution is -2.66. The van der Waals surface area contributed by atoms with Crippen LogP contribution in [0, 0.1) is 0 Å². The van der Waals surface area contributed by atoms with Crippen molar-refractivity contribution in [3.8, 4) is 0 Å². The van der Waals surface area contributed by atoms with E-state index in [9.17, 15) is 4.79 Å². The van der Waals surface area contributed by atoms with Gasteiger partial charge in [0.15, 0.2) is 6.79 Å². The Morgan fingerprint density at radius 2 is 1.48 bits per heavy atom. The number of hydrogen-bond donors (Lipinski definition) is 0. The zero-order chi connectivity index (χ0) is 21.3. The van der Waals surface area contributed by atoms with Gasteiger partial charge in [-0.1, -0.05) is 88.0 Å². The zero-order valence-corrected chi connectivity index (χ0v) is 18.9. The van der Waals surface area contributed by atoms with Crippen LogP contribution in [0.1, 0.15) is 34.1 Å². The minimum Gasteiger partial charge on any atom is -0.439 e. The molecule has 0 atom stereocenters. The van der Waals surface area contributed by atoms with E-state index >= 15 is 0 Å². The Bertz CT molecular complexity index is 742. The average molecular weight is 413 g/mol. The predicted octanol–water partition coefficient (Wildman–Crippen LogP) is 4.05. The van der Waals surface area contributed by atoms with Gasteiger partial charge in [0.2, 0.25) is 0 Å². The summed E-state index contributed by atoms with van der Waals surface area (Å²) in [6, 6.07) is 21.1. The molecule has 0 heterocycles. The Kier molecular flexibility index (Phi) is 8.38. The van der Waals surface area contributed by atoms with Crippen molar-refractivity contribution in [3.63, 3.8) is 0 Å². The molecule has 0 aliphatic rings. The molecule has 0 saturated carbocycles. The summed E-state index contributed by atoms with van der Waals surface area (Å²) in [5, 5.41) is 2.47. The molecule has 5 heteroatoms. The van der Waals surface area contributed by atoms with E-state index in [4.69, 9.17) is 13.9 Å². The van der Waals surface area contributed by atoms with Crippen LogP contribution in [-0.4, -0.2) is 34.3 Å². The molecule has 0 amide bonds. The SMILES string of the molecule is C=C(CCO[Si](c1ccccc1)(c1ccccc1)C(C)(C)C)COCOC(C)=O. The summed E-state index contributed by atoms with van der Waals surface area (Å²) in [6.45, 7) is 13.1. The largest absolute Gasteiger partial charge is 0.439 e. The number of benzene rings is 2. The van der Waals surface area contributed by atoms with Crippen LogP contribution in [0.15, 0.2) is 72.8 Å². The van der Waals surface area contributed by atoms with Crippen molar-refractivity contribution in [1.82, 2.24) is 0 Å². The first-order valence-corrected chi connectivity index (χ1v) is 11.8. The molecule has 0 saturated heterocycles. The fraction of sp³-hybridized carbons (Fsp3) is 0.375. The van der Waals surface area contributed by atoms with Crippen LogP contribution < -0.4 is 10.4 Å². The Balaban J connectivity index is 2.17. The third-order valence-corrected chi connectivity index (χ3v) is 9.88. The smallest absolute Gasteiger partial charge is 0.304 e. The van der Waals surface area contributed by atoms with Crippen molar-refractivity contribution in [3.05, 3.63) is 72.8 Å². The summed E-state index contributed by atoms with van der Waals surface area (Å²) in [6.07, 6.45) is 0.685. The number of ether oxygens (including phenoxy) is 2. The molecule has 0 aliphatic heterocycles. The molecule has 0 aromatic heterocycles. The maximum atomic E-state index is 10.8. The number of hydrogen-bond acceptors (Lipinski definition) is 4. The average Bonchev–Trinajstić information content (AvgIpc) is 2.69. The third-order valence-electron chi connectivity index (χ3n) is 4.84. The first kappa shape index (κ1) is 23.1. The van der Waals surface area contributed by atoms with Crippen molar-refractivity contribution in [1.29, 1.82) is 0 Å². The molecular weight excluding hydrogens is 380 g/mol. The van der Waals surface area contributed by atoms with Gasteiger partial charge in [0.25, 0.3) is 8.32 Å². The number of esters is 1. The second kappa shape index (κ2) is 10.5. The monoisotopic (exact) mass is 412 g/mol. The molecule has 29 heavy (non-hydrogen) atoms. The molecule has 0 fully saturated rings. The predicted molar refractivity (Wildman–Crippen MR) is 120 cm³/mol. The van der Waals surface area contributed by atoms with E-state index in [1.165, 1.54) is 17.3 Å².